The van der Waals surface area contributed by atoms with E-state index in [1.807, 2.05) is 0 Å². The van der Waals surface area contributed by atoms with Crippen molar-refractivity contribution >= 4 is 11.3 Å². The van der Waals surface area contributed by atoms with Gasteiger partial charge in [0.1, 0.15) is 0 Å². The highest BCUT2D eigenvalue weighted by Crippen LogP contribution is 2.41. The van der Waals surface area contributed by atoms with Gasteiger partial charge in [-0.25, -0.2) is 0 Å². The molecular weight excluding hydrogens is 254 g/mol. The minimum absolute atomic E-state index is 0.226. The minimum Gasteiger partial charge on any atom is -0.378 e. The molecular formula is C20H23N. The van der Waals surface area contributed by atoms with E-state index in [9.17, 15) is 0 Å². The Bertz CT molecular complexity index is 675. The van der Waals surface area contributed by atoms with Gasteiger partial charge in [0.05, 0.1) is 0 Å². The highest BCUT2D eigenvalue weighted by atomic mass is 15.1. The highest BCUT2D eigenvalue weighted by molar-refractivity contribution is 5.84. The predicted octanol–water partition coefficient (Wildman–Crippen LogP) is 4.87. The number of rotatable bonds is 2. The molecule has 0 heterocycles. The molecule has 1 nitrogen and oxygen atoms in total. The summed E-state index contributed by atoms with van der Waals surface area (Å²) in [6, 6.07) is 17.7. The van der Waals surface area contributed by atoms with Crippen molar-refractivity contribution < 1.29 is 0 Å². The molecule has 0 amide bonds. The SMILES string of the molecule is CN(C)c1ccc(C2=CCC(C)(C)c3ccccc32)cc1. The van der Waals surface area contributed by atoms with Crippen LogP contribution in [0, 0.1) is 0 Å². The summed E-state index contributed by atoms with van der Waals surface area (Å²) >= 11 is 0. The predicted molar refractivity (Wildman–Crippen MR) is 91.9 cm³/mol. The second-order valence-corrected chi connectivity index (χ2v) is 6.69. The summed E-state index contributed by atoms with van der Waals surface area (Å²) in [5.74, 6) is 0. The summed E-state index contributed by atoms with van der Waals surface area (Å²) in [6.07, 6.45) is 3.49. The lowest BCUT2D eigenvalue weighted by atomic mass is 9.72. The van der Waals surface area contributed by atoms with Crippen molar-refractivity contribution in [2.45, 2.75) is 25.7 Å². The quantitative estimate of drug-likeness (QED) is 0.757. The molecule has 0 atom stereocenters. The average Bonchev–Trinajstić information content (AvgIpc) is 2.48. The van der Waals surface area contributed by atoms with Crippen molar-refractivity contribution in [3.8, 4) is 0 Å². The Morgan fingerprint density at radius 1 is 0.905 bits per heavy atom. The van der Waals surface area contributed by atoms with Crippen molar-refractivity contribution in [3.63, 3.8) is 0 Å². The van der Waals surface area contributed by atoms with E-state index in [-0.39, 0.29) is 5.41 Å². The van der Waals surface area contributed by atoms with Crippen molar-refractivity contribution in [1.29, 1.82) is 0 Å². The fourth-order valence-corrected chi connectivity index (χ4v) is 3.10. The molecule has 0 spiro atoms. The van der Waals surface area contributed by atoms with E-state index < -0.39 is 0 Å². The van der Waals surface area contributed by atoms with Crippen molar-refractivity contribution in [3.05, 3.63) is 71.3 Å². The summed E-state index contributed by atoms with van der Waals surface area (Å²) < 4.78 is 0. The van der Waals surface area contributed by atoms with Gasteiger partial charge in [0.15, 0.2) is 0 Å². The molecule has 2 aromatic rings. The molecule has 0 radical (unpaired) electrons. The Morgan fingerprint density at radius 3 is 2.24 bits per heavy atom. The van der Waals surface area contributed by atoms with Crippen LogP contribution in [0.5, 0.6) is 0 Å². The Balaban J connectivity index is 2.06. The van der Waals surface area contributed by atoms with Crippen LogP contribution >= 0.6 is 0 Å². The molecule has 0 saturated heterocycles. The van der Waals surface area contributed by atoms with Gasteiger partial charge in [-0.3, -0.25) is 0 Å². The topological polar surface area (TPSA) is 3.24 Å². The van der Waals surface area contributed by atoms with Crippen LogP contribution in [0.3, 0.4) is 0 Å². The number of anilines is 1. The number of benzene rings is 2. The summed E-state index contributed by atoms with van der Waals surface area (Å²) in [4.78, 5) is 2.14. The van der Waals surface area contributed by atoms with Gasteiger partial charge in [-0.2, -0.15) is 0 Å². The van der Waals surface area contributed by atoms with Gasteiger partial charge >= 0.3 is 0 Å². The summed E-state index contributed by atoms with van der Waals surface area (Å²) in [5, 5.41) is 0. The Kier molecular flexibility index (Phi) is 3.36. The first kappa shape index (κ1) is 13.9. The maximum absolute atomic E-state index is 2.40. The fraction of sp³-hybridized carbons (Fsp3) is 0.300. The van der Waals surface area contributed by atoms with Crippen LogP contribution in [0.15, 0.2) is 54.6 Å². The lowest BCUT2D eigenvalue weighted by molar-refractivity contribution is 0.527. The molecule has 2 aromatic carbocycles. The van der Waals surface area contributed by atoms with Gasteiger partial charge < -0.3 is 4.90 Å². The highest BCUT2D eigenvalue weighted by Gasteiger charge is 2.27. The smallest absolute Gasteiger partial charge is 0.0361 e. The van der Waals surface area contributed by atoms with Gasteiger partial charge in [0.25, 0.3) is 0 Å². The molecule has 0 N–H and O–H groups in total. The van der Waals surface area contributed by atoms with Gasteiger partial charge in [0.2, 0.25) is 0 Å². The lowest BCUT2D eigenvalue weighted by Crippen LogP contribution is -2.21. The molecule has 0 aromatic heterocycles. The first-order valence-corrected chi connectivity index (χ1v) is 7.57. The number of fused-ring (bicyclic) bond motifs is 1. The number of hydrogen-bond acceptors (Lipinski definition) is 1. The first-order chi connectivity index (χ1) is 9.99. The Labute approximate surface area is 127 Å². The third kappa shape index (κ3) is 2.49. The maximum atomic E-state index is 2.40. The maximum Gasteiger partial charge on any atom is 0.0361 e. The largest absolute Gasteiger partial charge is 0.378 e. The van der Waals surface area contributed by atoms with E-state index in [0.717, 1.165) is 6.42 Å². The summed E-state index contributed by atoms with van der Waals surface area (Å²) in [5.41, 5.74) is 6.98. The van der Waals surface area contributed by atoms with Gasteiger partial charge in [-0.05, 0) is 46.2 Å². The minimum atomic E-state index is 0.226. The third-order valence-electron chi connectivity index (χ3n) is 4.46. The van der Waals surface area contributed by atoms with E-state index in [1.54, 1.807) is 0 Å². The van der Waals surface area contributed by atoms with E-state index in [2.05, 4.69) is 87.4 Å². The van der Waals surface area contributed by atoms with E-state index >= 15 is 0 Å². The second kappa shape index (κ2) is 5.07. The monoisotopic (exact) mass is 277 g/mol. The van der Waals surface area contributed by atoms with Gasteiger partial charge in [-0.15, -0.1) is 0 Å². The van der Waals surface area contributed by atoms with Gasteiger partial charge in [-0.1, -0.05) is 56.3 Å². The fourth-order valence-electron chi connectivity index (χ4n) is 3.10. The number of allylic oxidation sites excluding steroid dienone is 1. The molecule has 0 saturated carbocycles. The van der Waals surface area contributed by atoms with Crippen LogP contribution in [0.4, 0.5) is 5.69 Å². The average molecular weight is 277 g/mol. The lowest BCUT2D eigenvalue weighted by Gasteiger charge is -2.32. The molecule has 0 fully saturated rings. The zero-order valence-electron chi connectivity index (χ0n) is 13.4. The Hall–Kier alpha value is -2.02. The normalized spacial score (nSPS) is 16.1. The molecule has 1 aliphatic rings. The molecule has 108 valence electrons. The zero-order valence-corrected chi connectivity index (χ0v) is 13.4. The molecule has 1 aliphatic carbocycles. The van der Waals surface area contributed by atoms with Crippen molar-refractivity contribution in [2.75, 3.05) is 19.0 Å². The van der Waals surface area contributed by atoms with Crippen LogP contribution in [0.1, 0.15) is 37.0 Å². The Morgan fingerprint density at radius 2 is 1.57 bits per heavy atom. The molecule has 1 heteroatoms. The number of hydrogen-bond donors (Lipinski definition) is 0. The molecule has 0 bridgehead atoms. The van der Waals surface area contributed by atoms with Crippen LogP contribution in [0.2, 0.25) is 0 Å². The molecule has 0 aliphatic heterocycles. The molecule has 3 rings (SSSR count). The van der Waals surface area contributed by atoms with Crippen molar-refractivity contribution in [2.24, 2.45) is 0 Å². The second-order valence-electron chi connectivity index (χ2n) is 6.69. The summed E-state index contributed by atoms with van der Waals surface area (Å²) in [7, 11) is 4.15. The van der Waals surface area contributed by atoms with Crippen LogP contribution in [-0.2, 0) is 5.41 Å². The summed E-state index contributed by atoms with van der Waals surface area (Å²) in [6.45, 7) is 4.66. The standard InChI is InChI=1S/C20H23N/c1-20(2)14-13-17(18-7-5-6-8-19(18)20)15-9-11-16(12-10-15)21(3)4/h5-13H,14H2,1-4H3. The zero-order chi connectivity index (χ0) is 15.0. The van der Waals surface area contributed by atoms with E-state index in [1.165, 1.54) is 28.0 Å². The van der Waals surface area contributed by atoms with Crippen LogP contribution in [0.25, 0.3) is 5.57 Å². The third-order valence-corrected chi connectivity index (χ3v) is 4.46. The van der Waals surface area contributed by atoms with Crippen LogP contribution in [-0.4, -0.2) is 14.1 Å². The number of nitrogens with zero attached hydrogens (tertiary/aromatic N) is 1. The molecule has 0 unspecified atom stereocenters. The van der Waals surface area contributed by atoms with Gasteiger partial charge in [0, 0.05) is 19.8 Å². The first-order valence-electron chi connectivity index (χ1n) is 7.57. The van der Waals surface area contributed by atoms with E-state index in [4.69, 9.17) is 0 Å². The van der Waals surface area contributed by atoms with E-state index in [0.29, 0.717) is 0 Å². The molecule has 21 heavy (non-hydrogen) atoms. The van der Waals surface area contributed by atoms with Crippen LogP contribution < -0.4 is 4.90 Å². The van der Waals surface area contributed by atoms with Crippen molar-refractivity contribution in [1.82, 2.24) is 0 Å².